The van der Waals surface area contributed by atoms with Crippen LogP contribution < -0.4 is 10.6 Å². The van der Waals surface area contributed by atoms with Crippen molar-refractivity contribution in [3.63, 3.8) is 0 Å². The van der Waals surface area contributed by atoms with Crippen LogP contribution >= 0.6 is 34.8 Å². The molecule has 0 heterocycles. The average molecular weight is 582 g/mol. The van der Waals surface area contributed by atoms with Crippen molar-refractivity contribution in [1.82, 2.24) is 5.32 Å². The molecule has 0 spiro atoms. The lowest BCUT2D eigenvalue weighted by molar-refractivity contribution is -0.260. The van der Waals surface area contributed by atoms with Gasteiger partial charge in [0.1, 0.15) is 5.60 Å². The highest BCUT2D eigenvalue weighted by molar-refractivity contribution is 6.48. The molecular weight excluding hydrogens is 561 g/mol. The summed E-state index contributed by atoms with van der Waals surface area (Å²) in [6, 6.07) is 4.13. The predicted molar refractivity (Wildman–Crippen MR) is 124 cm³/mol. The van der Waals surface area contributed by atoms with Gasteiger partial charge >= 0.3 is 18.4 Å². The third-order valence-electron chi connectivity index (χ3n) is 4.72. The van der Waals surface area contributed by atoms with Crippen molar-refractivity contribution in [3.8, 4) is 0 Å². The Morgan fingerprint density at radius 3 is 2.00 bits per heavy atom. The van der Waals surface area contributed by atoms with E-state index in [9.17, 15) is 36.2 Å². The van der Waals surface area contributed by atoms with Crippen molar-refractivity contribution in [2.24, 2.45) is 0 Å². The van der Waals surface area contributed by atoms with Gasteiger partial charge in [-0.1, -0.05) is 40.9 Å². The third-order valence-corrected chi connectivity index (χ3v) is 5.91. The van der Waals surface area contributed by atoms with Crippen LogP contribution in [-0.4, -0.2) is 29.5 Å². The van der Waals surface area contributed by atoms with Crippen LogP contribution in [0.15, 0.2) is 30.3 Å². The van der Waals surface area contributed by atoms with E-state index in [0.29, 0.717) is 6.07 Å². The lowest BCUT2D eigenvalue weighted by atomic mass is 9.92. The fraction of sp³-hybridized carbons (Fsp3) is 0.409. The van der Waals surface area contributed by atoms with E-state index in [-0.39, 0.29) is 26.3 Å². The molecule has 36 heavy (non-hydrogen) atoms. The molecule has 1 atom stereocenters. The van der Waals surface area contributed by atoms with Crippen molar-refractivity contribution in [1.29, 1.82) is 0 Å². The lowest BCUT2D eigenvalue weighted by Gasteiger charge is -2.32. The Kier molecular flexibility index (Phi) is 8.98. The summed E-state index contributed by atoms with van der Waals surface area (Å²) < 4.78 is 87.4. The first-order valence-electron chi connectivity index (χ1n) is 10.1. The quantitative estimate of drug-likeness (QED) is 0.243. The molecule has 5 nitrogen and oxygen atoms in total. The van der Waals surface area contributed by atoms with Gasteiger partial charge in [-0.15, -0.1) is 0 Å². The van der Waals surface area contributed by atoms with Crippen LogP contribution in [0.1, 0.15) is 37.5 Å². The van der Waals surface area contributed by atoms with Gasteiger partial charge in [0.2, 0.25) is 5.60 Å². The van der Waals surface area contributed by atoms with Gasteiger partial charge in [-0.2, -0.15) is 26.3 Å². The minimum Gasteiger partial charge on any atom is -0.444 e. The molecule has 0 bridgehead atoms. The number of nitrogens with one attached hydrogen (secondary N) is 2. The third kappa shape index (κ3) is 7.47. The van der Waals surface area contributed by atoms with Gasteiger partial charge in [-0.3, -0.25) is 0 Å². The highest BCUT2D eigenvalue weighted by Gasteiger charge is 2.55. The molecular formula is C22H21Cl3F6N2O3. The van der Waals surface area contributed by atoms with Crippen LogP contribution in [0.5, 0.6) is 0 Å². The van der Waals surface area contributed by atoms with E-state index in [1.165, 1.54) is 0 Å². The van der Waals surface area contributed by atoms with Gasteiger partial charge in [0.05, 0.1) is 27.2 Å². The summed E-state index contributed by atoms with van der Waals surface area (Å²) >= 11 is 17.3. The number of alkyl halides is 6. The Morgan fingerprint density at radius 2 is 1.53 bits per heavy atom. The minimum atomic E-state index is -5.27. The van der Waals surface area contributed by atoms with Crippen LogP contribution in [0.4, 0.5) is 36.8 Å². The van der Waals surface area contributed by atoms with Crippen LogP contribution in [0.2, 0.25) is 15.1 Å². The molecule has 2 aromatic rings. The van der Waals surface area contributed by atoms with Crippen LogP contribution in [0.3, 0.4) is 0 Å². The molecule has 2 rings (SSSR count). The number of carbonyl (C=O) groups is 1. The first-order valence-corrected chi connectivity index (χ1v) is 11.2. The Morgan fingerprint density at radius 1 is 0.972 bits per heavy atom. The summed E-state index contributed by atoms with van der Waals surface area (Å²) in [5.74, 6) is 0. The molecule has 200 valence electrons. The number of rotatable bonds is 6. The number of anilines is 1. The smallest absolute Gasteiger partial charge is 0.423 e. The number of aliphatic hydroxyl groups is 1. The number of carbonyl (C=O) groups excluding carboxylic acids is 1. The van der Waals surface area contributed by atoms with E-state index >= 15 is 0 Å². The normalized spacial score (nSPS) is 14.2. The average Bonchev–Trinajstić information content (AvgIpc) is 2.71. The number of hydrogen-bond acceptors (Lipinski definition) is 4. The minimum absolute atomic E-state index is 0.232. The second-order valence-electron chi connectivity index (χ2n) is 8.69. The molecule has 0 saturated carbocycles. The summed E-state index contributed by atoms with van der Waals surface area (Å²) in [7, 11) is 0. The molecule has 0 aliphatic heterocycles. The molecule has 0 radical (unpaired) electrons. The number of benzene rings is 2. The Balaban J connectivity index is 2.34. The van der Waals surface area contributed by atoms with Gasteiger partial charge < -0.3 is 20.5 Å². The molecule has 0 unspecified atom stereocenters. The van der Waals surface area contributed by atoms with Gasteiger partial charge in [0.15, 0.2) is 0 Å². The van der Waals surface area contributed by atoms with E-state index in [2.05, 4.69) is 10.6 Å². The molecule has 0 aliphatic carbocycles. The molecule has 0 aromatic heterocycles. The summed E-state index contributed by atoms with van der Waals surface area (Å²) in [5, 5.41) is 13.9. The first-order chi connectivity index (χ1) is 16.2. The first kappa shape index (κ1) is 30.1. The maximum absolute atomic E-state index is 13.8. The van der Waals surface area contributed by atoms with Gasteiger partial charge in [-0.25, -0.2) is 4.79 Å². The van der Waals surface area contributed by atoms with Crippen LogP contribution in [0.25, 0.3) is 0 Å². The van der Waals surface area contributed by atoms with Gasteiger partial charge in [0.25, 0.3) is 0 Å². The molecule has 0 fully saturated rings. The van der Waals surface area contributed by atoms with Crippen molar-refractivity contribution >= 4 is 46.6 Å². The largest absolute Gasteiger partial charge is 0.444 e. The van der Waals surface area contributed by atoms with E-state index in [1.807, 2.05) is 0 Å². The molecule has 2 aromatic carbocycles. The van der Waals surface area contributed by atoms with Crippen molar-refractivity contribution < 1.29 is 41.0 Å². The number of ether oxygens (including phenoxy) is 1. The predicted octanol–water partition coefficient (Wildman–Crippen LogP) is 7.55. The standard InChI is InChI=1S/C22H21Cl3F6N2O3/c1-19(2,3)36-18(34)32-9-11-4-5-13(8-14(11)21(26,27)28)33-10-20(35,22(29,30)31)12-6-15(23)17(25)16(24)7-12/h4-8,33,35H,9-10H2,1-3H3,(H,32,34)/t20-/m1/s1. The van der Waals surface area contributed by atoms with Gasteiger partial charge in [0, 0.05) is 12.2 Å². The van der Waals surface area contributed by atoms with Crippen LogP contribution in [-0.2, 0) is 23.1 Å². The summed E-state index contributed by atoms with van der Waals surface area (Å²) in [5.41, 5.74) is -7.18. The maximum Gasteiger partial charge on any atom is 0.423 e. The molecule has 0 saturated heterocycles. The zero-order valence-electron chi connectivity index (χ0n) is 19.0. The lowest BCUT2D eigenvalue weighted by Crippen LogP contribution is -2.47. The SMILES string of the molecule is CC(C)(C)OC(=O)NCc1ccc(NC[C@@](O)(c2cc(Cl)c(Cl)c(Cl)c2)C(F)(F)F)cc1C(F)(F)F. The Hall–Kier alpha value is -2.08. The number of hydrogen-bond donors (Lipinski definition) is 3. The molecule has 1 amide bonds. The maximum atomic E-state index is 13.8. The summed E-state index contributed by atoms with van der Waals surface area (Å²) in [6.07, 6.45) is -11.1. The molecule has 3 N–H and O–H groups in total. The molecule has 0 aliphatic rings. The van der Waals surface area contributed by atoms with Crippen molar-refractivity contribution in [2.45, 2.75) is 50.9 Å². The molecule has 14 heteroatoms. The zero-order chi connectivity index (χ0) is 27.7. The summed E-state index contributed by atoms with van der Waals surface area (Å²) in [6.45, 7) is 2.88. The Labute approximate surface area is 217 Å². The van der Waals surface area contributed by atoms with Gasteiger partial charge in [-0.05, 0) is 56.2 Å². The van der Waals surface area contributed by atoms with E-state index in [0.717, 1.165) is 24.3 Å². The van der Waals surface area contributed by atoms with E-state index < -0.39 is 53.9 Å². The fourth-order valence-corrected chi connectivity index (χ4v) is 3.57. The summed E-state index contributed by atoms with van der Waals surface area (Å²) in [4.78, 5) is 11.8. The number of halogens is 9. The number of amides is 1. The monoisotopic (exact) mass is 580 g/mol. The zero-order valence-corrected chi connectivity index (χ0v) is 21.2. The highest BCUT2D eigenvalue weighted by atomic mass is 35.5. The highest BCUT2D eigenvalue weighted by Crippen LogP contribution is 2.43. The topological polar surface area (TPSA) is 70.6 Å². The van der Waals surface area contributed by atoms with Crippen LogP contribution in [0, 0.1) is 0 Å². The fourth-order valence-electron chi connectivity index (χ4n) is 2.98. The van der Waals surface area contributed by atoms with E-state index in [1.54, 1.807) is 20.8 Å². The van der Waals surface area contributed by atoms with E-state index in [4.69, 9.17) is 39.5 Å². The number of alkyl carbamates (subject to hydrolysis) is 1. The van der Waals surface area contributed by atoms with Crippen molar-refractivity contribution in [3.05, 3.63) is 62.1 Å². The Bertz CT molecular complexity index is 1100. The second-order valence-corrected chi connectivity index (χ2v) is 9.88. The van der Waals surface area contributed by atoms with Crippen molar-refractivity contribution in [2.75, 3.05) is 11.9 Å². The second kappa shape index (κ2) is 10.7.